The summed E-state index contributed by atoms with van der Waals surface area (Å²) in [6.45, 7) is 10.6. The molecule has 0 aliphatic rings. The highest BCUT2D eigenvalue weighted by Gasteiger charge is 2.21. The lowest BCUT2D eigenvalue weighted by molar-refractivity contribution is 0.417. The molecule has 1 N–H and O–H groups in total. The quantitative estimate of drug-likeness (QED) is 0.926. The molecule has 0 fully saturated rings. The van der Waals surface area contributed by atoms with Crippen molar-refractivity contribution < 1.29 is 0 Å². The summed E-state index contributed by atoms with van der Waals surface area (Å²) in [6.07, 6.45) is 1.84. The normalized spacial score (nSPS) is 11.7. The van der Waals surface area contributed by atoms with Crippen LogP contribution in [0.1, 0.15) is 36.4 Å². The van der Waals surface area contributed by atoms with Crippen LogP contribution in [0.5, 0.6) is 0 Å². The zero-order valence-corrected chi connectivity index (χ0v) is 13.2. The van der Waals surface area contributed by atoms with Crippen LogP contribution in [-0.2, 0) is 5.54 Å². The van der Waals surface area contributed by atoms with E-state index < -0.39 is 0 Å². The average molecular weight is 269 g/mol. The summed E-state index contributed by atoms with van der Waals surface area (Å²) < 4.78 is 0. The predicted octanol–water partition coefficient (Wildman–Crippen LogP) is 3.52. The average Bonchev–Trinajstić information content (AvgIpc) is 2.43. The summed E-state index contributed by atoms with van der Waals surface area (Å²) in [5.74, 6) is 0.815. The van der Waals surface area contributed by atoms with Crippen LogP contribution >= 0.6 is 0 Å². The summed E-state index contributed by atoms with van der Waals surface area (Å²) in [5, 5.41) is 3.25. The third kappa shape index (κ3) is 2.73. The highest BCUT2D eigenvalue weighted by Crippen LogP contribution is 2.26. The molecule has 0 aliphatic heterocycles. The minimum absolute atomic E-state index is 0.232. The number of benzene rings is 1. The third-order valence-electron chi connectivity index (χ3n) is 3.96. The van der Waals surface area contributed by atoms with Gasteiger partial charge in [-0.05, 0) is 70.5 Å². The first-order chi connectivity index (χ1) is 9.35. The highest BCUT2D eigenvalue weighted by molar-refractivity contribution is 5.65. The van der Waals surface area contributed by atoms with Crippen molar-refractivity contribution in [2.75, 3.05) is 7.05 Å². The van der Waals surface area contributed by atoms with Gasteiger partial charge >= 0.3 is 0 Å². The Bertz CT molecular complexity index is 630. The van der Waals surface area contributed by atoms with Gasteiger partial charge in [-0.25, -0.2) is 9.97 Å². The van der Waals surface area contributed by atoms with Gasteiger partial charge in [0.15, 0.2) is 0 Å². The SMILES string of the molecule is CNC(C)(C)c1nccc(-c2cc(C)c(C)cc2C)n1. The maximum absolute atomic E-state index is 4.74. The van der Waals surface area contributed by atoms with Gasteiger partial charge in [0, 0.05) is 11.8 Å². The molecule has 3 heteroatoms. The fourth-order valence-electron chi connectivity index (χ4n) is 2.16. The molecule has 1 aromatic carbocycles. The molecular weight excluding hydrogens is 246 g/mol. The highest BCUT2D eigenvalue weighted by atomic mass is 15.0. The Morgan fingerprint density at radius 1 is 1.00 bits per heavy atom. The third-order valence-corrected chi connectivity index (χ3v) is 3.96. The molecule has 3 nitrogen and oxygen atoms in total. The van der Waals surface area contributed by atoms with E-state index in [1.807, 2.05) is 19.3 Å². The van der Waals surface area contributed by atoms with E-state index in [1.54, 1.807) is 0 Å². The predicted molar refractivity (Wildman–Crippen MR) is 83.8 cm³/mol. The van der Waals surface area contributed by atoms with Crippen LogP contribution in [0.4, 0.5) is 0 Å². The van der Waals surface area contributed by atoms with E-state index >= 15 is 0 Å². The summed E-state index contributed by atoms with van der Waals surface area (Å²) >= 11 is 0. The van der Waals surface area contributed by atoms with Crippen molar-refractivity contribution in [3.8, 4) is 11.3 Å². The molecule has 20 heavy (non-hydrogen) atoms. The van der Waals surface area contributed by atoms with E-state index in [9.17, 15) is 0 Å². The van der Waals surface area contributed by atoms with Gasteiger partial charge in [-0.15, -0.1) is 0 Å². The first-order valence-corrected chi connectivity index (χ1v) is 6.96. The monoisotopic (exact) mass is 269 g/mol. The largest absolute Gasteiger partial charge is 0.308 e. The van der Waals surface area contributed by atoms with E-state index in [1.165, 1.54) is 22.3 Å². The Kier molecular flexibility index (Phi) is 3.91. The fraction of sp³-hybridized carbons (Fsp3) is 0.412. The number of hydrogen-bond acceptors (Lipinski definition) is 3. The number of aryl methyl sites for hydroxylation is 3. The van der Waals surface area contributed by atoms with Crippen molar-refractivity contribution in [2.45, 2.75) is 40.2 Å². The molecule has 0 spiro atoms. The number of rotatable bonds is 3. The van der Waals surface area contributed by atoms with E-state index in [0.29, 0.717) is 0 Å². The lowest BCUT2D eigenvalue weighted by atomic mass is 9.98. The van der Waals surface area contributed by atoms with Gasteiger partial charge in [-0.2, -0.15) is 0 Å². The van der Waals surface area contributed by atoms with Crippen LogP contribution in [0, 0.1) is 20.8 Å². The van der Waals surface area contributed by atoms with E-state index in [4.69, 9.17) is 4.98 Å². The van der Waals surface area contributed by atoms with Crippen LogP contribution in [-0.4, -0.2) is 17.0 Å². The molecule has 0 bridgehead atoms. The van der Waals surface area contributed by atoms with Crippen LogP contribution in [0.15, 0.2) is 24.4 Å². The Morgan fingerprint density at radius 3 is 2.30 bits per heavy atom. The molecule has 0 radical (unpaired) electrons. The van der Waals surface area contributed by atoms with E-state index in [-0.39, 0.29) is 5.54 Å². The lowest BCUT2D eigenvalue weighted by Crippen LogP contribution is -2.35. The van der Waals surface area contributed by atoms with Gasteiger partial charge in [0.05, 0.1) is 11.2 Å². The molecule has 0 saturated carbocycles. The summed E-state index contributed by atoms with van der Waals surface area (Å²) in [4.78, 5) is 9.15. The molecule has 2 rings (SSSR count). The summed E-state index contributed by atoms with van der Waals surface area (Å²) in [7, 11) is 1.93. The van der Waals surface area contributed by atoms with Gasteiger partial charge in [-0.1, -0.05) is 6.07 Å². The molecule has 0 aliphatic carbocycles. The second-order valence-electron chi connectivity index (χ2n) is 5.89. The second kappa shape index (κ2) is 5.33. The minimum atomic E-state index is -0.232. The fourth-order valence-corrected chi connectivity index (χ4v) is 2.16. The van der Waals surface area contributed by atoms with Crippen LogP contribution in [0.2, 0.25) is 0 Å². The topological polar surface area (TPSA) is 37.8 Å². The van der Waals surface area contributed by atoms with Crippen molar-refractivity contribution in [2.24, 2.45) is 0 Å². The Morgan fingerprint density at radius 2 is 1.65 bits per heavy atom. The van der Waals surface area contributed by atoms with Gasteiger partial charge in [0.1, 0.15) is 5.82 Å². The minimum Gasteiger partial charge on any atom is -0.308 e. The van der Waals surface area contributed by atoms with Gasteiger partial charge < -0.3 is 5.32 Å². The van der Waals surface area contributed by atoms with Crippen molar-refractivity contribution in [1.82, 2.24) is 15.3 Å². The van der Waals surface area contributed by atoms with E-state index in [2.05, 4.69) is 57.1 Å². The maximum atomic E-state index is 4.74. The number of aromatic nitrogens is 2. The molecule has 1 aromatic heterocycles. The van der Waals surface area contributed by atoms with Crippen molar-refractivity contribution in [3.05, 3.63) is 46.9 Å². The van der Waals surface area contributed by atoms with Crippen molar-refractivity contribution in [3.63, 3.8) is 0 Å². The zero-order chi connectivity index (χ0) is 14.9. The zero-order valence-electron chi connectivity index (χ0n) is 13.2. The standard InChI is InChI=1S/C17H23N3/c1-11-9-13(3)14(10-12(11)2)15-7-8-19-16(20-15)17(4,5)18-6/h7-10,18H,1-6H3. The Balaban J connectivity index is 2.55. The molecule has 0 amide bonds. The van der Waals surface area contributed by atoms with E-state index in [0.717, 1.165) is 11.5 Å². The first-order valence-electron chi connectivity index (χ1n) is 6.96. The van der Waals surface area contributed by atoms with Gasteiger partial charge in [0.2, 0.25) is 0 Å². The molecule has 1 heterocycles. The van der Waals surface area contributed by atoms with Gasteiger partial charge in [0.25, 0.3) is 0 Å². The van der Waals surface area contributed by atoms with Crippen molar-refractivity contribution >= 4 is 0 Å². The maximum Gasteiger partial charge on any atom is 0.148 e. The van der Waals surface area contributed by atoms with Crippen LogP contribution in [0.3, 0.4) is 0 Å². The Labute approximate surface area is 121 Å². The molecule has 0 saturated heterocycles. The molecule has 0 unspecified atom stereocenters. The summed E-state index contributed by atoms with van der Waals surface area (Å²) in [5.41, 5.74) is 5.79. The molecule has 2 aromatic rings. The van der Waals surface area contributed by atoms with Crippen molar-refractivity contribution in [1.29, 1.82) is 0 Å². The van der Waals surface area contributed by atoms with Gasteiger partial charge in [-0.3, -0.25) is 0 Å². The summed E-state index contributed by atoms with van der Waals surface area (Å²) in [6, 6.07) is 6.41. The molecule has 0 atom stereocenters. The van der Waals surface area contributed by atoms with Crippen LogP contribution in [0.25, 0.3) is 11.3 Å². The number of nitrogens with zero attached hydrogens (tertiary/aromatic N) is 2. The first kappa shape index (κ1) is 14.7. The lowest BCUT2D eigenvalue weighted by Gasteiger charge is -2.22. The number of nitrogens with one attached hydrogen (secondary N) is 1. The second-order valence-corrected chi connectivity index (χ2v) is 5.89. The smallest absolute Gasteiger partial charge is 0.148 e. The Hall–Kier alpha value is -1.74. The molecule has 106 valence electrons. The van der Waals surface area contributed by atoms with Crippen LogP contribution < -0.4 is 5.32 Å². The molecular formula is C17H23N3. The number of hydrogen-bond donors (Lipinski definition) is 1.